The van der Waals surface area contributed by atoms with Crippen molar-refractivity contribution >= 4 is 0 Å². The van der Waals surface area contributed by atoms with Crippen molar-refractivity contribution in [2.75, 3.05) is 0 Å². The number of fused-ring (bicyclic) bond motifs is 2. The molecule has 17 heavy (non-hydrogen) atoms. The quantitative estimate of drug-likeness (QED) is 0.688. The van der Waals surface area contributed by atoms with Crippen LogP contribution in [0.4, 0.5) is 0 Å². The van der Waals surface area contributed by atoms with E-state index in [1.54, 1.807) is 6.92 Å². The number of hydrogen-bond acceptors (Lipinski definition) is 2. The van der Waals surface area contributed by atoms with Crippen molar-refractivity contribution in [2.24, 2.45) is 0 Å². The van der Waals surface area contributed by atoms with Gasteiger partial charge in [-0.15, -0.1) is 0 Å². The number of hydrogen-bond donors (Lipinski definition) is 1. The summed E-state index contributed by atoms with van der Waals surface area (Å²) >= 11 is 0. The fourth-order valence-corrected chi connectivity index (χ4v) is 2.17. The van der Waals surface area contributed by atoms with Crippen LogP contribution in [0.15, 0.2) is 42.5 Å². The van der Waals surface area contributed by atoms with Gasteiger partial charge in [-0.25, -0.2) is 0 Å². The highest BCUT2D eigenvalue weighted by Crippen LogP contribution is 2.37. The van der Waals surface area contributed by atoms with Gasteiger partial charge in [0.2, 0.25) is 0 Å². The van der Waals surface area contributed by atoms with Gasteiger partial charge in [-0.3, -0.25) is 0 Å². The van der Waals surface area contributed by atoms with Gasteiger partial charge < -0.3 is 9.84 Å². The third-order valence-electron chi connectivity index (χ3n) is 3.14. The Morgan fingerprint density at radius 3 is 2.65 bits per heavy atom. The molecule has 0 fully saturated rings. The van der Waals surface area contributed by atoms with Crippen LogP contribution in [0.2, 0.25) is 0 Å². The fourth-order valence-electron chi connectivity index (χ4n) is 2.17. The smallest absolute Gasteiger partial charge is 0.130 e. The monoisotopic (exact) mass is 226 g/mol. The van der Waals surface area contributed by atoms with Crippen molar-refractivity contribution in [3.63, 3.8) is 0 Å². The van der Waals surface area contributed by atoms with Gasteiger partial charge in [0.15, 0.2) is 0 Å². The van der Waals surface area contributed by atoms with Crippen LogP contribution in [0.3, 0.4) is 0 Å². The zero-order chi connectivity index (χ0) is 11.8. The summed E-state index contributed by atoms with van der Waals surface area (Å²) in [5.41, 5.74) is 3.27. The van der Waals surface area contributed by atoms with Gasteiger partial charge in [-0.1, -0.05) is 24.3 Å². The van der Waals surface area contributed by atoms with Gasteiger partial charge in [0, 0.05) is 6.42 Å². The lowest BCUT2D eigenvalue weighted by Crippen LogP contribution is -2.04. The Balaban J connectivity index is 2.03. The van der Waals surface area contributed by atoms with E-state index in [1.807, 2.05) is 36.4 Å². The predicted octanol–water partition coefficient (Wildman–Crippen LogP) is 3.44. The Morgan fingerprint density at radius 1 is 1.06 bits per heavy atom. The highest BCUT2D eigenvalue weighted by atomic mass is 16.5. The average molecular weight is 226 g/mol. The van der Waals surface area contributed by atoms with Crippen LogP contribution < -0.4 is 4.74 Å². The number of para-hydroxylation sites is 1. The summed E-state index contributed by atoms with van der Waals surface area (Å²) in [5.74, 6) is 1.83. The second-order valence-electron chi connectivity index (χ2n) is 4.43. The molecular formula is C15H14O2. The highest BCUT2D eigenvalue weighted by Gasteiger charge is 2.17. The Morgan fingerprint density at radius 2 is 1.82 bits per heavy atom. The minimum Gasteiger partial charge on any atom is -0.457 e. The first kappa shape index (κ1) is 10.4. The van der Waals surface area contributed by atoms with E-state index in [4.69, 9.17) is 4.74 Å². The van der Waals surface area contributed by atoms with Crippen LogP contribution in [0.25, 0.3) is 0 Å². The maximum atomic E-state index is 9.58. The van der Waals surface area contributed by atoms with E-state index >= 15 is 0 Å². The molecule has 0 unspecified atom stereocenters. The largest absolute Gasteiger partial charge is 0.457 e. The van der Waals surface area contributed by atoms with Gasteiger partial charge in [-0.2, -0.15) is 0 Å². The summed E-state index contributed by atoms with van der Waals surface area (Å²) in [4.78, 5) is 0. The molecule has 2 aromatic rings. The Hall–Kier alpha value is -1.80. The van der Waals surface area contributed by atoms with Gasteiger partial charge in [-0.05, 0) is 41.8 Å². The van der Waals surface area contributed by atoms with Crippen molar-refractivity contribution in [1.82, 2.24) is 0 Å². The Bertz CT molecular complexity index is 559. The molecule has 1 aliphatic heterocycles. The van der Waals surface area contributed by atoms with Crippen LogP contribution in [0.1, 0.15) is 29.7 Å². The lowest BCUT2D eigenvalue weighted by atomic mass is 9.97. The van der Waals surface area contributed by atoms with Crippen molar-refractivity contribution < 1.29 is 9.84 Å². The van der Waals surface area contributed by atoms with Gasteiger partial charge in [0.25, 0.3) is 0 Å². The molecule has 2 nitrogen and oxygen atoms in total. The second-order valence-corrected chi connectivity index (χ2v) is 4.43. The Kier molecular flexibility index (Phi) is 2.37. The third kappa shape index (κ3) is 1.81. The summed E-state index contributed by atoms with van der Waals surface area (Å²) in [6, 6.07) is 13.9. The number of ether oxygens (including phenoxy) is 1. The topological polar surface area (TPSA) is 29.5 Å². The molecule has 1 N–H and O–H groups in total. The van der Waals surface area contributed by atoms with Gasteiger partial charge in [0.1, 0.15) is 11.5 Å². The SMILES string of the molecule is C[C@@H](O)c1ccc2c(c1)Cc1ccccc1O2. The molecule has 0 radical (unpaired) electrons. The van der Waals surface area contributed by atoms with Gasteiger partial charge in [0.05, 0.1) is 6.10 Å². The fraction of sp³-hybridized carbons (Fsp3) is 0.200. The normalized spacial score (nSPS) is 14.5. The first-order valence-electron chi connectivity index (χ1n) is 5.80. The van der Waals surface area contributed by atoms with Crippen molar-refractivity contribution in [1.29, 1.82) is 0 Å². The van der Waals surface area contributed by atoms with Crippen molar-refractivity contribution in [2.45, 2.75) is 19.4 Å². The number of benzene rings is 2. The highest BCUT2D eigenvalue weighted by molar-refractivity contribution is 5.50. The summed E-state index contributed by atoms with van der Waals surface area (Å²) in [6.45, 7) is 1.78. The summed E-state index contributed by atoms with van der Waals surface area (Å²) in [6.07, 6.45) is 0.434. The Labute approximate surface area is 100 Å². The molecule has 0 aromatic heterocycles. The average Bonchev–Trinajstić information content (AvgIpc) is 2.35. The molecule has 0 saturated heterocycles. The van der Waals surface area contributed by atoms with Crippen LogP contribution >= 0.6 is 0 Å². The summed E-state index contributed by atoms with van der Waals surface area (Å²) in [7, 11) is 0. The second kappa shape index (κ2) is 3.90. The lowest BCUT2D eigenvalue weighted by Gasteiger charge is -2.21. The lowest BCUT2D eigenvalue weighted by molar-refractivity contribution is 0.199. The number of aliphatic hydroxyl groups is 1. The maximum Gasteiger partial charge on any atom is 0.130 e. The molecule has 1 heterocycles. The molecular weight excluding hydrogens is 212 g/mol. The van der Waals surface area contributed by atoms with Crippen LogP contribution in [0.5, 0.6) is 11.5 Å². The van der Waals surface area contributed by atoms with E-state index in [9.17, 15) is 5.11 Å². The molecule has 0 aliphatic carbocycles. The predicted molar refractivity (Wildman–Crippen MR) is 66.4 cm³/mol. The first-order valence-corrected chi connectivity index (χ1v) is 5.80. The van der Waals surface area contributed by atoms with Crippen LogP contribution in [-0.2, 0) is 6.42 Å². The van der Waals surface area contributed by atoms with E-state index in [0.717, 1.165) is 29.0 Å². The van der Waals surface area contributed by atoms with Crippen LogP contribution in [-0.4, -0.2) is 5.11 Å². The molecule has 0 spiro atoms. The summed E-state index contributed by atoms with van der Waals surface area (Å²) < 4.78 is 5.83. The molecule has 1 aliphatic rings. The van der Waals surface area contributed by atoms with Crippen LogP contribution in [0, 0.1) is 0 Å². The zero-order valence-corrected chi connectivity index (χ0v) is 9.68. The summed E-state index contributed by atoms with van der Waals surface area (Å²) in [5, 5.41) is 9.58. The van der Waals surface area contributed by atoms with E-state index in [2.05, 4.69) is 6.07 Å². The van der Waals surface area contributed by atoms with Crippen molar-refractivity contribution in [3.8, 4) is 11.5 Å². The van der Waals surface area contributed by atoms with E-state index in [-0.39, 0.29) is 0 Å². The molecule has 0 saturated carbocycles. The molecule has 3 rings (SSSR count). The molecule has 0 amide bonds. The molecule has 2 aromatic carbocycles. The molecule has 0 bridgehead atoms. The van der Waals surface area contributed by atoms with Gasteiger partial charge >= 0.3 is 0 Å². The molecule has 86 valence electrons. The first-order chi connectivity index (χ1) is 8.24. The number of aliphatic hydroxyl groups excluding tert-OH is 1. The van der Waals surface area contributed by atoms with E-state index in [1.165, 1.54) is 5.56 Å². The van der Waals surface area contributed by atoms with E-state index in [0.29, 0.717) is 0 Å². The number of rotatable bonds is 1. The minimum atomic E-state index is -0.433. The zero-order valence-electron chi connectivity index (χ0n) is 9.68. The van der Waals surface area contributed by atoms with E-state index < -0.39 is 6.10 Å². The minimum absolute atomic E-state index is 0.433. The third-order valence-corrected chi connectivity index (χ3v) is 3.14. The maximum absolute atomic E-state index is 9.58. The standard InChI is InChI=1S/C15H14O2/c1-10(16)11-6-7-15-13(8-11)9-12-4-2-3-5-14(12)17-15/h2-8,10,16H,9H2,1H3/t10-/m1/s1. The molecule has 1 atom stereocenters. The van der Waals surface area contributed by atoms with Crippen molar-refractivity contribution in [3.05, 3.63) is 59.2 Å². The molecule has 2 heteroatoms.